The molecule has 2 aliphatic rings. The minimum absolute atomic E-state index is 0.0644. The molecule has 1 saturated heterocycles. The Balaban J connectivity index is 1.74. The fraction of sp³-hybridized carbons (Fsp3) is 0.938. The lowest BCUT2D eigenvalue weighted by Crippen LogP contribution is -2.46. The van der Waals surface area contributed by atoms with Crippen molar-refractivity contribution in [2.75, 3.05) is 0 Å². The van der Waals surface area contributed by atoms with Gasteiger partial charge < -0.3 is 10.6 Å². The number of hydrogen-bond acceptors (Lipinski definition) is 2. The van der Waals surface area contributed by atoms with E-state index >= 15 is 0 Å². The second-order valence-electron chi connectivity index (χ2n) is 6.99. The predicted molar refractivity (Wildman–Crippen MR) is 79.0 cm³/mol. The van der Waals surface area contributed by atoms with Gasteiger partial charge in [0.25, 0.3) is 0 Å². The van der Waals surface area contributed by atoms with Crippen LogP contribution in [0.4, 0.5) is 0 Å². The molecule has 0 aromatic carbocycles. The van der Waals surface area contributed by atoms with E-state index in [1.165, 1.54) is 32.1 Å². The first-order valence-corrected chi connectivity index (χ1v) is 8.12. The van der Waals surface area contributed by atoms with Crippen molar-refractivity contribution in [2.24, 2.45) is 11.8 Å². The highest BCUT2D eigenvalue weighted by Crippen LogP contribution is 2.33. The number of carbonyl (C=O) groups excluding carboxylic acids is 1. The lowest BCUT2D eigenvalue weighted by Gasteiger charge is -2.24. The minimum atomic E-state index is 0.0644. The van der Waals surface area contributed by atoms with Crippen LogP contribution in [-0.2, 0) is 4.79 Å². The largest absolute Gasteiger partial charge is 0.352 e. The third-order valence-corrected chi connectivity index (χ3v) is 4.74. The molecule has 1 aliphatic heterocycles. The maximum absolute atomic E-state index is 12.3. The minimum Gasteiger partial charge on any atom is -0.352 e. The van der Waals surface area contributed by atoms with E-state index in [-0.39, 0.29) is 11.9 Å². The Kier molecular flexibility index (Phi) is 5.26. The average molecular weight is 266 g/mol. The van der Waals surface area contributed by atoms with Crippen molar-refractivity contribution in [3.05, 3.63) is 0 Å². The summed E-state index contributed by atoms with van der Waals surface area (Å²) in [5, 5.41) is 6.74. The monoisotopic (exact) mass is 266 g/mol. The molecule has 1 heterocycles. The molecule has 110 valence electrons. The van der Waals surface area contributed by atoms with Gasteiger partial charge in [-0.05, 0) is 50.9 Å². The standard InChI is InChI=1S/C16H30N2O/c1-11(2)8-9-12(3)17-16(19)15-10-13-6-4-5-7-14(13)18-15/h11-15,18H,4-10H2,1-3H3,(H,17,19). The topological polar surface area (TPSA) is 41.1 Å². The van der Waals surface area contributed by atoms with Crippen LogP contribution in [0, 0.1) is 11.8 Å². The number of amides is 1. The molecular formula is C16H30N2O. The molecule has 3 nitrogen and oxygen atoms in total. The molecule has 1 aliphatic carbocycles. The number of rotatable bonds is 5. The summed E-state index contributed by atoms with van der Waals surface area (Å²) in [7, 11) is 0. The van der Waals surface area contributed by atoms with Crippen LogP contribution >= 0.6 is 0 Å². The molecule has 2 N–H and O–H groups in total. The summed E-state index contributed by atoms with van der Waals surface area (Å²) < 4.78 is 0. The van der Waals surface area contributed by atoms with Gasteiger partial charge >= 0.3 is 0 Å². The van der Waals surface area contributed by atoms with Crippen LogP contribution in [0.25, 0.3) is 0 Å². The first-order valence-electron chi connectivity index (χ1n) is 8.12. The summed E-state index contributed by atoms with van der Waals surface area (Å²) in [5.74, 6) is 1.69. The van der Waals surface area contributed by atoms with Crippen LogP contribution in [-0.4, -0.2) is 24.0 Å². The van der Waals surface area contributed by atoms with Crippen molar-refractivity contribution in [3.8, 4) is 0 Å². The van der Waals surface area contributed by atoms with E-state index in [2.05, 4.69) is 31.4 Å². The van der Waals surface area contributed by atoms with E-state index in [1.807, 2.05) is 0 Å². The van der Waals surface area contributed by atoms with Crippen molar-refractivity contribution in [1.82, 2.24) is 10.6 Å². The molecular weight excluding hydrogens is 236 g/mol. The molecule has 0 radical (unpaired) electrons. The SMILES string of the molecule is CC(C)CCC(C)NC(=O)C1CC2CCCCC2N1. The number of nitrogens with one attached hydrogen (secondary N) is 2. The quantitative estimate of drug-likeness (QED) is 0.803. The third kappa shape index (κ3) is 4.20. The Morgan fingerprint density at radius 1 is 1.21 bits per heavy atom. The summed E-state index contributed by atoms with van der Waals surface area (Å²) >= 11 is 0. The van der Waals surface area contributed by atoms with Gasteiger partial charge in [-0.25, -0.2) is 0 Å². The van der Waals surface area contributed by atoms with E-state index in [0.29, 0.717) is 18.0 Å². The second-order valence-corrected chi connectivity index (χ2v) is 6.99. The van der Waals surface area contributed by atoms with Crippen molar-refractivity contribution in [2.45, 2.75) is 83.8 Å². The molecule has 0 aromatic rings. The Morgan fingerprint density at radius 3 is 2.63 bits per heavy atom. The molecule has 19 heavy (non-hydrogen) atoms. The highest BCUT2D eigenvalue weighted by molar-refractivity contribution is 5.82. The zero-order chi connectivity index (χ0) is 13.8. The lowest BCUT2D eigenvalue weighted by molar-refractivity contribution is -0.123. The van der Waals surface area contributed by atoms with Crippen molar-refractivity contribution < 1.29 is 4.79 Å². The number of carbonyl (C=O) groups is 1. The van der Waals surface area contributed by atoms with Gasteiger partial charge in [0.05, 0.1) is 6.04 Å². The van der Waals surface area contributed by atoms with E-state index in [0.717, 1.165) is 18.8 Å². The summed E-state index contributed by atoms with van der Waals surface area (Å²) in [4.78, 5) is 12.3. The van der Waals surface area contributed by atoms with Gasteiger partial charge in [0, 0.05) is 12.1 Å². The summed E-state index contributed by atoms with van der Waals surface area (Å²) in [6, 6.07) is 0.976. The summed E-state index contributed by atoms with van der Waals surface area (Å²) in [5.41, 5.74) is 0. The normalized spacial score (nSPS) is 32.1. The molecule has 4 unspecified atom stereocenters. The zero-order valence-electron chi connectivity index (χ0n) is 12.7. The van der Waals surface area contributed by atoms with Gasteiger partial charge in [0.2, 0.25) is 5.91 Å². The molecule has 2 rings (SSSR count). The average Bonchev–Trinajstić information content (AvgIpc) is 2.80. The molecule has 3 heteroatoms. The molecule has 2 fully saturated rings. The van der Waals surface area contributed by atoms with E-state index in [4.69, 9.17) is 0 Å². The van der Waals surface area contributed by atoms with Crippen molar-refractivity contribution >= 4 is 5.91 Å². The maximum Gasteiger partial charge on any atom is 0.237 e. The first-order chi connectivity index (χ1) is 9.06. The van der Waals surface area contributed by atoms with Crippen LogP contribution in [0.2, 0.25) is 0 Å². The molecule has 1 amide bonds. The zero-order valence-corrected chi connectivity index (χ0v) is 12.7. The molecule has 0 bridgehead atoms. The third-order valence-electron chi connectivity index (χ3n) is 4.74. The van der Waals surface area contributed by atoms with Gasteiger partial charge in [0.1, 0.15) is 0 Å². The van der Waals surface area contributed by atoms with Gasteiger partial charge in [-0.2, -0.15) is 0 Å². The van der Waals surface area contributed by atoms with Gasteiger partial charge in [-0.1, -0.05) is 26.7 Å². The molecule has 0 spiro atoms. The summed E-state index contributed by atoms with van der Waals surface area (Å²) in [6.07, 6.45) is 8.57. The van der Waals surface area contributed by atoms with Crippen LogP contribution < -0.4 is 10.6 Å². The Hall–Kier alpha value is -0.570. The van der Waals surface area contributed by atoms with Crippen molar-refractivity contribution in [1.29, 1.82) is 0 Å². The van der Waals surface area contributed by atoms with E-state index < -0.39 is 0 Å². The fourth-order valence-corrected chi connectivity index (χ4v) is 3.52. The molecule has 4 atom stereocenters. The Bertz CT molecular complexity index is 289. The van der Waals surface area contributed by atoms with Gasteiger partial charge in [0.15, 0.2) is 0 Å². The van der Waals surface area contributed by atoms with Crippen LogP contribution in [0.5, 0.6) is 0 Å². The highest BCUT2D eigenvalue weighted by Gasteiger charge is 2.38. The van der Waals surface area contributed by atoms with Crippen molar-refractivity contribution in [3.63, 3.8) is 0 Å². The van der Waals surface area contributed by atoms with E-state index in [1.54, 1.807) is 0 Å². The Labute approximate surface area is 117 Å². The second kappa shape index (κ2) is 6.74. The predicted octanol–water partition coefficient (Wildman–Crippen LogP) is 2.85. The van der Waals surface area contributed by atoms with Gasteiger partial charge in [-0.3, -0.25) is 4.79 Å². The first kappa shape index (κ1) is 14.8. The van der Waals surface area contributed by atoms with Crippen LogP contribution in [0.3, 0.4) is 0 Å². The Morgan fingerprint density at radius 2 is 1.95 bits per heavy atom. The number of fused-ring (bicyclic) bond motifs is 1. The van der Waals surface area contributed by atoms with E-state index in [9.17, 15) is 4.79 Å². The smallest absolute Gasteiger partial charge is 0.237 e. The molecule has 0 aromatic heterocycles. The van der Waals surface area contributed by atoms with Gasteiger partial charge in [-0.15, -0.1) is 0 Å². The fourth-order valence-electron chi connectivity index (χ4n) is 3.52. The summed E-state index contributed by atoms with van der Waals surface area (Å²) in [6.45, 7) is 6.60. The maximum atomic E-state index is 12.3. The van der Waals surface area contributed by atoms with Crippen LogP contribution in [0.1, 0.15) is 65.7 Å². The lowest BCUT2D eigenvalue weighted by atomic mass is 9.85. The highest BCUT2D eigenvalue weighted by atomic mass is 16.2. The number of hydrogen-bond donors (Lipinski definition) is 2. The molecule has 1 saturated carbocycles. The van der Waals surface area contributed by atoms with Crippen LogP contribution in [0.15, 0.2) is 0 Å².